The van der Waals surface area contributed by atoms with Gasteiger partial charge in [-0.15, -0.1) is 0 Å². The second kappa shape index (κ2) is 5.99. The van der Waals surface area contributed by atoms with Gasteiger partial charge in [-0.05, 0) is 18.9 Å². The van der Waals surface area contributed by atoms with E-state index in [1.807, 2.05) is 18.2 Å². The summed E-state index contributed by atoms with van der Waals surface area (Å²) >= 11 is 0. The molecule has 2 aromatic rings. The highest BCUT2D eigenvalue weighted by atomic mass is 16.6. The van der Waals surface area contributed by atoms with Crippen LogP contribution in [0, 0.1) is 0 Å². The number of fused-ring (bicyclic) bond motifs is 1. The molecule has 0 saturated carbocycles. The first-order valence-electron chi connectivity index (χ1n) is 8.01. The molecule has 7 nitrogen and oxygen atoms in total. The van der Waals surface area contributed by atoms with Crippen molar-refractivity contribution in [3.05, 3.63) is 41.9 Å². The molecule has 1 atom stereocenters. The largest absolute Gasteiger partial charge is 0.486 e. The van der Waals surface area contributed by atoms with Crippen molar-refractivity contribution in [2.24, 2.45) is 0 Å². The van der Waals surface area contributed by atoms with Crippen molar-refractivity contribution in [2.75, 3.05) is 25.5 Å². The van der Waals surface area contributed by atoms with Gasteiger partial charge in [-0.3, -0.25) is 4.79 Å². The minimum atomic E-state index is -0.197. The molecule has 124 valence electrons. The van der Waals surface area contributed by atoms with E-state index in [-0.39, 0.29) is 23.5 Å². The summed E-state index contributed by atoms with van der Waals surface area (Å²) in [6, 6.07) is 5.74. The summed E-state index contributed by atoms with van der Waals surface area (Å²) in [5, 5.41) is 0. The number of nitrogens with two attached hydrogens (primary N) is 1. The molecule has 7 heteroatoms. The molecule has 2 aliphatic rings. The summed E-state index contributed by atoms with van der Waals surface area (Å²) in [6.07, 6.45) is 4.75. The number of carbonyl (C=O) groups excluding carboxylic acids is 1. The van der Waals surface area contributed by atoms with Gasteiger partial charge in [-0.1, -0.05) is 12.1 Å². The highest BCUT2D eigenvalue weighted by Crippen LogP contribution is 2.43. The fraction of sp³-hybridized carbons (Fsp3) is 0.353. The maximum atomic E-state index is 12.9. The standard InChI is InChI=1S/C17H18N4O3/c18-16-14(19-6-7-20-16)17(22)21-8-2-4-12(21)11-3-1-5-13-15(11)24-10-9-23-13/h1,3,5-7,12H,2,4,8-10H2,(H2,18,20). The van der Waals surface area contributed by atoms with Crippen LogP contribution in [0.2, 0.25) is 0 Å². The minimum Gasteiger partial charge on any atom is -0.486 e. The molecule has 0 bridgehead atoms. The van der Waals surface area contributed by atoms with E-state index in [1.54, 1.807) is 4.90 Å². The number of benzene rings is 1. The molecule has 0 radical (unpaired) electrons. The van der Waals surface area contributed by atoms with Gasteiger partial charge in [0, 0.05) is 24.5 Å². The smallest absolute Gasteiger partial charge is 0.276 e. The molecule has 4 rings (SSSR count). The van der Waals surface area contributed by atoms with Crippen LogP contribution in [-0.2, 0) is 0 Å². The van der Waals surface area contributed by atoms with Crippen LogP contribution in [0.15, 0.2) is 30.6 Å². The summed E-state index contributed by atoms with van der Waals surface area (Å²) in [6.45, 7) is 1.71. The van der Waals surface area contributed by atoms with Gasteiger partial charge in [0.05, 0.1) is 6.04 Å². The Kier molecular flexibility index (Phi) is 3.68. The number of amides is 1. The third-order valence-corrected chi connectivity index (χ3v) is 4.40. The second-order valence-corrected chi connectivity index (χ2v) is 5.82. The van der Waals surface area contributed by atoms with Crippen LogP contribution in [0.25, 0.3) is 0 Å². The fourth-order valence-electron chi connectivity index (χ4n) is 3.34. The lowest BCUT2D eigenvalue weighted by atomic mass is 10.0. The summed E-state index contributed by atoms with van der Waals surface area (Å²) in [5.74, 6) is 1.43. The van der Waals surface area contributed by atoms with Crippen LogP contribution in [-0.4, -0.2) is 40.5 Å². The average Bonchev–Trinajstić information content (AvgIpc) is 3.10. The number of aromatic nitrogens is 2. The van der Waals surface area contributed by atoms with Crippen LogP contribution in [0.3, 0.4) is 0 Å². The SMILES string of the molecule is Nc1nccnc1C(=O)N1CCCC1c1cccc2c1OCCO2. The first kappa shape index (κ1) is 14.7. The molecule has 0 aliphatic carbocycles. The first-order valence-corrected chi connectivity index (χ1v) is 8.01. The lowest BCUT2D eigenvalue weighted by Crippen LogP contribution is -2.32. The minimum absolute atomic E-state index is 0.0736. The molecule has 2 aliphatic heterocycles. The summed E-state index contributed by atoms with van der Waals surface area (Å²) in [4.78, 5) is 22.8. The normalized spacial score (nSPS) is 19.3. The predicted octanol–water partition coefficient (Wildman–Crippen LogP) is 1.81. The van der Waals surface area contributed by atoms with E-state index in [2.05, 4.69) is 9.97 Å². The number of carbonyl (C=O) groups is 1. The predicted molar refractivity (Wildman–Crippen MR) is 86.9 cm³/mol. The van der Waals surface area contributed by atoms with E-state index in [1.165, 1.54) is 12.4 Å². The lowest BCUT2D eigenvalue weighted by molar-refractivity contribution is 0.0725. The van der Waals surface area contributed by atoms with E-state index in [4.69, 9.17) is 15.2 Å². The molecule has 24 heavy (non-hydrogen) atoms. The Hall–Kier alpha value is -2.83. The first-order chi connectivity index (χ1) is 11.8. The van der Waals surface area contributed by atoms with Crippen molar-refractivity contribution in [3.63, 3.8) is 0 Å². The van der Waals surface area contributed by atoms with Gasteiger partial charge in [0.15, 0.2) is 23.0 Å². The monoisotopic (exact) mass is 326 g/mol. The highest BCUT2D eigenvalue weighted by Gasteiger charge is 2.35. The quantitative estimate of drug-likeness (QED) is 0.905. The molecular formula is C17H18N4O3. The van der Waals surface area contributed by atoms with Gasteiger partial charge in [-0.25, -0.2) is 9.97 Å². The van der Waals surface area contributed by atoms with E-state index >= 15 is 0 Å². The van der Waals surface area contributed by atoms with Crippen LogP contribution >= 0.6 is 0 Å². The Bertz CT molecular complexity index is 780. The molecule has 1 saturated heterocycles. The maximum Gasteiger partial charge on any atom is 0.276 e. The van der Waals surface area contributed by atoms with Gasteiger partial charge < -0.3 is 20.1 Å². The van der Waals surface area contributed by atoms with E-state index < -0.39 is 0 Å². The average molecular weight is 326 g/mol. The third-order valence-electron chi connectivity index (χ3n) is 4.40. The fourth-order valence-corrected chi connectivity index (χ4v) is 3.34. The van der Waals surface area contributed by atoms with Crippen molar-refractivity contribution in [1.29, 1.82) is 0 Å². The van der Waals surface area contributed by atoms with Crippen molar-refractivity contribution < 1.29 is 14.3 Å². The number of nitrogens with zero attached hydrogens (tertiary/aromatic N) is 3. The number of ether oxygens (including phenoxy) is 2. The Labute approximate surface area is 139 Å². The number of rotatable bonds is 2. The van der Waals surface area contributed by atoms with Crippen LogP contribution in [0.4, 0.5) is 5.82 Å². The number of hydrogen-bond donors (Lipinski definition) is 1. The number of likely N-dealkylation sites (tertiary alicyclic amines) is 1. The zero-order valence-corrected chi connectivity index (χ0v) is 13.1. The number of hydrogen-bond acceptors (Lipinski definition) is 6. The van der Waals surface area contributed by atoms with Crippen molar-refractivity contribution >= 4 is 11.7 Å². The Morgan fingerprint density at radius 1 is 1.21 bits per heavy atom. The van der Waals surface area contributed by atoms with Crippen LogP contribution in [0.1, 0.15) is 34.9 Å². The van der Waals surface area contributed by atoms with Crippen LogP contribution in [0.5, 0.6) is 11.5 Å². The Morgan fingerprint density at radius 2 is 2.04 bits per heavy atom. The molecule has 3 heterocycles. The number of anilines is 1. The van der Waals surface area contributed by atoms with Gasteiger partial charge >= 0.3 is 0 Å². The molecular weight excluding hydrogens is 308 g/mol. The Balaban J connectivity index is 1.69. The molecule has 1 amide bonds. The maximum absolute atomic E-state index is 12.9. The van der Waals surface area contributed by atoms with Gasteiger partial charge in [0.25, 0.3) is 5.91 Å². The van der Waals surface area contributed by atoms with E-state index in [0.29, 0.717) is 19.8 Å². The zero-order chi connectivity index (χ0) is 16.5. The molecule has 1 unspecified atom stereocenters. The van der Waals surface area contributed by atoms with Crippen LogP contribution < -0.4 is 15.2 Å². The van der Waals surface area contributed by atoms with Crippen molar-refractivity contribution in [1.82, 2.24) is 14.9 Å². The topological polar surface area (TPSA) is 90.6 Å². The van der Waals surface area contributed by atoms with Gasteiger partial charge in [0.1, 0.15) is 13.2 Å². The third kappa shape index (κ3) is 2.42. The summed E-state index contributed by atoms with van der Waals surface area (Å²) in [5.41, 5.74) is 6.99. The molecule has 1 aromatic heterocycles. The van der Waals surface area contributed by atoms with E-state index in [9.17, 15) is 4.79 Å². The molecule has 1 fully saturated rings. The zero-order valence-electron chi connectivity index (χ0n) is 13.1. The molecule has 0 spiro atoms. The molecule has 2 N–H and O–H groups in total. The number of nitrogen functional groups attached to an aromatic ring is 1. The van der Waals surface area contributed by atoms with Gasteiger partial charge in [0.2, 0.25) is 0 Å². The van der Waals surface area contributed by atoms with E-state index in [0.717, 1.165) is 29.9 Å². The van der Waals surface area contributed by atoms with Gasteiger partial charge in [-0.2, -0.15) is 0 Å². The second-order valence-electron chi connectivity index (χ2n) is 5.82. The van der Waals surface area contributed by atoms with Crippen molar-refractivity contribution in [3.8, 4) is 11.5 Å². The Morgan fingerprint density at radius 3 is 2.92 bits per heavy atom. The number of para-hydroxylation sites is 1. The molecule has 1 aromatic carbocycles. The lowest BCUT2D eigenvalue weighted by Gasteiger charge is -2.28. The highest BCUT2D eigenvalue weighted by molar-refractivity contribution is 5.96. The summed E-state index contributed by atoms with van der Waals surface area (Å²) in [7, 11) is 0. The van der Waals surface area contributed by atoms with Crippen molar-refractivity contribution in [2.45, 2.75) is 18.9 Å². The summed E-state index contributed by atoms with van der Waals surface area (Å²) < 4.78 is 11.5.